The Bertz CT molecular complexity index is 433. The van der Waals surface area contributed by atoms with Crippen LogP contribution >= 0.6 is 11.6 Å². The van der Waals surface area contributed by atoms with E-state index in [0.717, 1.165) is 0 Å². The fourth-order valence-corrected chi connectivity index (χ4v) is 2.30. The van der Waals surface area contributed by atoms with Crippen molar-refractivity contribution in [2.75, 3.05) is 5.73 Å². The standard InChI is InChI=1S/C11H12ClNO2/c1-6-5-11(6,10(14)15)8-4-7(12)2-3-9(8)13/h2-4,6H,5,13H2,1H3,(H,14,15). The van der Waals surface area contributed by atoms with Crippen molar-refractivity contribution in [3.05, 3.63) is 28.8 Å². The lowest BCUT2D eigenvalue weighted by Gasteiger charge is -2.14. The number of hydrogen-bond donors (Lipinski definition) is 2. The van der Waals surface area contributed by atoms with Crippen LogP contribution in [0.1, 0.15) is 18.9 Å². The van der Waals surface area contributed by atoms with Gasteiger partial charge in [-0.05, 0) is 36.1 Å². The highest BCUT2D eigenvalue weighted by Crippen LogP contribution is 2.56. The van der Waals surface area contributed by atoms with Crippen LogP contribution in [0.3, 0.4) is 0 Å². The first kappa shape index (κ1) is 10.3. The minimum absolute atomic E-state index is 0.121. The molecule has 80 valence electrons. The van der Waals surface area contributed by atoms with Gasteiger partial charge in [0.2, 0.25) is 0 Å². The molecule has 0 spiro atoms. The number of aliphatic carboxylic acids is 1. The summed E-state index contributed by atoms with van der Waals surface area (Å²) >= 11 is 5.85. The van der Waals surface area contributed by atoms with Gasteiger partial charge in [-0.3, -0.25) is 4.79 Å². The van der Waals surface area contributed by atoms with Gasteiger partial charge in [-0.15, -0.1) is 0 Å². The van der Waals surface area contributed by atoms with Crippen molar-refractivity contribution in [1.82, 2.24) is 0 Å². The van der Waals surface area contributed by atoms with E-state index >= 15 is 0 Å². The van der Waals surface area contributed by atoms with Crippen molar-refractivity contribution in [2.45, 2.75) is 18.8 Å². The summed E-state index contributed by atoms with van der Waals surface area (Å²) in [5.41, 5.74) is 6.14. The molecule has 4 heteroatoms. The van der Waals surface area contributed by atoms with Crippen molar-refractivity contribution in [2.24, 2.45) is 5.92 Å². The zero-order valence-corrected chi connectivity index (χ0v) is 9.08. The second-order valence-electron chi connectivity index (χ2n) is 4.11. The lowest BCUT2D eigenvalue weighted by atomic mass is 9.92. The Morgan fingerprint density at radius 2 is 2.27 bits per heavy atom. The number of halogens is 1. The molecular formula is C11H12ClNO2. The number of hydrogen-bond acceptors (Lipinski definition) is 2. The zero-order chi connectivity index (χ0) is 11.2. The lowest BCUT2D eigenvalue weighted by molar-refractivity contribution is -0.140. The summed E-state index contributed by atoms with van der Waals surface area (Å²) in [4.78, 5) is 11.3. The highest BCUT2D eigenvalue weighted by molar-refractivity contribution is 6.30. The number of anilines is 1. The van der Waals surface area contributed by atoms with Crippen LogP contribution in [0.4, 0.5) is 5.69 Å². The second kappa shape index (κ2) is 3.14. The molecule has 2 atom stereocenters. The molecule has 3 nitrogen and oxygen atoms in total. The number of nitrogens with two attached hydrogens (primary N) is 1. The summed E-state index contributed by atoms with van der Waals surface area (Å²) in [6, 6.07) is 4.99. The van der Waals surface area contributed by atoms with Crippen LogP contribution in [0.5, 0.6) is 0 Å². The summed E-state index contributed by atoms with van der Waals surface area (Å²) in [7, 11) is 0. The largest absolute Gasteiger partial charge is 0.481 e. The molecule has 0 radical (unpaired) electrons. The number of carboxylic acids is 1. The summed E-state index contributed by atoms with van der Waals surface area (Å²) in [6.45, 7) is 1.91. The van der Waals surface area contributed by atoms with E-state index in [1.54, 1.807) is 18.2 Å². The smallest absolute Gasteiger partial charge is 0.314 e. The van der Waals surface area contributed by atoms with E-state index in [4.69, 9.17) is 17.3 Å². The van der Waals surface area contributed by atoms with Gasteiger partial charge in [-0.2, -0.15) is 0 Å². The molecule has 0 aromatic heterocycles. The Morgan fingerprint density at radius 3 is 2.73 bits per heavy atom. The van der Waals surface area contributed by atoms with Gasteiger partial charge in [0.05, 0.1) is 5.41 Å². The third-order valence-electron chi connectivity index (χ3n) is 3.19. The number of carboxylic acid groups (broad SMARTS) is 1. The van der Waals surface area contributed by atoms with Gasteiger partial charge in [0.15, 0.2) is 0 Å². The maximum atomic E-state index is 11.3. The van der Waals surface area contributed by atoms with E-state index in [1.165, 1.54) is 0 Å². The molecule has 1 saturated carbocycles. The number of rotatable bonds is 2. The van der Waals surface area contributed by atoms with Gasteiger partial charge in [0, 0.05) is 10.7 Å². The van der Waals surface area contributed by atoms with Crippen molar-refractivity contribution in [3.8, 4) is 0 Å². The lowest BCUT2D eigenvalue weighted by Crippen LogP contribution is -2.23. The van der Waals surface area contributed by atoms with Gasteiger partial charge in [-0.1, -0.05) is 18.5 Å². The van der Waals surface area contributed by atoms with Crippen molar-refractivity contribution >= 4 is 23.3 Å². The van der Waals surface area contributed by atoms with Crippen molar-refractivity contribution < 1.29 is 9.90 Å². The molecule has 0 aliphatic heterocycles. The first-order chi connectivity index (χ1) is 6.98. The van der Waals surface area contributed by atoms with E-state index in [1.807, 2.05) is 6.92 Å². The molecule has 0 bridgehead atoms. The average molecular weight is 226 g/mol. The maximum Gasteiger partial charge on any atom is 0.314 e. The molecule has 1 aromatic rings. The van der Waals surface area contributed by atoms with E-state index in [0.29, 0.717) is 22.7 Å². The SMILES string of the molecule is CC1CC1(C(=O)O)c1cc(Cl)ccc1N. The summed E-state index contributed by atoms with van der Waals surface area (Å²) in [5.74, 6) is -0.695. The summed E-state index contributed by atoms with van der Waals surface area (Å²) < 4.78 is 0. The van der Waals surface area contributed by atoms with E-state index in [-0.39, 0.29) is 5.92 Å². The predicted molar refractivity (Wildman–Crippen MR) is 59.0 cm³/mol. The van der Waals surface area contributed by atoms with Gasteiger partial charge >= 0.3 is 5.97 Å². The first-order valence-corrected chi connectivity index (χ1v) is 5.15. The van der Waals surface area contributed by atoms with Crippen molar-refractivity contribution in [1.29, 1.82) is 0 Å². The van der Waals surface area contributed by atoms with Crippen LogP contribution in [0, 0.1) is 5.92 Å². The Morgan fingerprint density at radius 1 is 1.67 bits per heavy atom. The van der Waals surface area contributed by atoms with Gasteiger partial charge in [0.1, 0.15) is 0 Å². The molecule has 1 aromatic carbocycles. The molecule has 1 aliphatic rings. The minimum atomic E-state index is -0.816. The molecule has 2 rings (SSSR count). The molecule has 15 heavy (non-hydrogen) atoms. The number of carbonyl (C=O) groups is 1. The van der Waals surface area contributed by atoms with E-state index in [9.17, 15) is 9.90 Å². The molecule has 0 saturated heterocycles. The summed E-state index contributed by atoms with van der Waals surface area (Å²) in [5, 5.41) is 9.77. The van der Waals surface area contributed by atoms with Crippen LogP contribution in [0.15, 0.2) is 18.2 Å². The van der Waals surface area contributed by atoms with Crippen LogP contribution in [-0.2, 0) is 10.2 Å². The Balaban J connectivity index is 2.54. The van der Waals surface area contributed by atoms with Crippen LogP contribution in [-0.4, -0.2) is 11.1 Å². The number of benzene rings is 1. The van der Waals surface area contributed by atoms with E-state index < -0.39 is 11.4 Å². The monoisotopic (exact) mass is 225 g/mol. The molecule has 0 heterocycles. The fourth-order valence-electron chi connectivity index (χ4n) is 2.13. The highest BCUT2D eigenvalue weighted by Gasteiger charge is 2.59. The molecule has 1 fully saturated rings. The third kappa shape index (κ3) is 1.38. The van der Waals surface area contributed by atoms with Gasteiger partial charge in [0.25, 0.3) is 0 Å². The molecule has 1 aliphatic carbocycles. The minimum Gasteiger partial charge on any atom is -0.481 e. The first-order valence-electron chi connectivity index (χ1n) is 4.77. The highest BCUT2D eigenvalue weighted by atomic mass is 35.5. The quantitative estimate of drug-likeness (QED) is 0.759. The van der Waals surface area contributed by atoms with Crippen LogP contribution in [0.25, 0.3) is 0 Å². The van der Waals surface area contributed by atoms with Crippen molar-refractivity contribution in [3.63, 3.8) is 0 Å². The topological polar surface area (TPSA) is 63.3 Å². The fraction of sp³-hybridized carbons (Fsp3) is 0.364. The molecule has 0 amide bonds. The second-order valence-corrected chi connectivity index (χ2v) is 4.55. The van der Waals surface area contributed by atoms with Gasteiger partial charge < -0.3 is 10.8 Å². The normalized spacial score (nSPS) is 28.8. The van der Waals surface area contributed by atoms with Crippen LogP contribution < -0.4 is 5.73 Å². The van der Waals surface area contributed by atoms with Gasteiger partial charge in [-0.25, -0.2) is 0 Å². The molecule has 2 unspecified atom stereocenters. The molecular weight excluding hydrogens is 214 g/mol. The Kier molecular flexibility index (Phi) is 2.15. The summed E-state index contributed by atoms with van der Waals surface area (Å²) in [6.07, 6.45) is 0.632. The Hall–Kier alpha value is -1.22. The Labute approximate surface area is 92.8 Å². The zero-order valence-electron chi connectivity index (χ0n) is 8.33. The molecule has 3 N–H and O–H groups in total. The van der Waals surface area contributed by atoms with E-state index in [2.05, 4.69) is 0 Å². The third-order valence-corrected chi connectivity index (χ3v) is 3.42. The maximum absolute atomic E-state index is 11.3. The average Bonchev–Trinajstić information content (AvgIpc) is 2.83. The number of nitrogen functional groups attached to an aromatic ring is 1. The van der Waals surface area contributed by atoms with Crippen LogP contribution in [0.2, 0.25) is 5.02 Å². The predicted octanol–water partition coefficient (Wildman–Crippen LogP) is 2.28.